The van der Waals surface area contributed by atoms with Gasteiger partial charge in [-0.3, -0.25) is 5.43 Å². The Kier molecular flexibility index (Phi) is 5.05. The minimum atomic E-state index is 0.445. The van der Waals surface area contributed by atoms with Gasteiger partial charge in [0.05, 0.1) is 11.2 Å². The van der Waals surface area contributed by atoms with Gasteiger partial charge in [0.2, 0.25) is 0 Å². The van der Waals surface area contributed by atoms with Crippen molar-refractivity contribution in [2.75, 3.05) is 5.32 Å². The van der Waals surface area contributed by atoms with Crippen LogP contribution in [0.2, 0.25) is 0 Å². The molecule has 1 aliphatic carbocycles. The van der Waals surface area contributed by atoms with Gasteiger partial charge in [-0.25, -0.2) is 0 Å². The van der Waals surface area contributed by atoms with Crippen molar-refractivity contribution in [2.45, 2.75) is 12.8 Å². The molecule has 0 amide bonds. The third-order valence-corrected chi connectivity index (χ3v) is 4.26. The number of rotatable bonds is 3. The Hall–Kier alpha value is -2.17. The molecule has 23 heavy (non-hydrogen) atoms. The molecule has 2 aromatic carbocycles. The highest BCUT2D eigenvalue weighted by molar-refractivity contribution is 7.80. The quantitative estimate of drug-likeness (QED) is 0.488. The monoisotopic (exact) mass is 341 g/mol. The zero-order valence-corrected chi connectivity index (χ0v) is 14.0. The predicted octanol–water partition coefficient (Wildman–Crippen LogP) is 4.56. The van der Waals surface area contributed by atoms with E-state index < -0.39 is 0 Å². The van der Waals surface area contributed by atoms with Crippen LogP contribution in [0.15, 0.2) is 65.3 Å². The zero-order chi connectivity index (χ0) is 16.1. The molecule has 2 aromatic rings. The van der Waals surface area contributed by atoms with Gasteiger partial charge in [-0.15, -0.1) is 0 Å². The van der Waals surface area contributed by atoms with Crippen LogP contribution in [0.1, 0.15) is 17.5 Å². The van der Waals surface area contributed by atoms with Crippen molar-refractivity contribution in [1.82, 2.24) is 5.43 Å². The molecule has 0 radical (unpaired) electrons. The first-order valence-corrected chi connectivity index (χ1v) is 8.14. The fourth-order valence-electron chi connectivity index (χ4n) is 2.48. The highest BCUT2D eigenvalue weighted by atomic mass is 35.5. The summed E-state index contributed by atoms with van der Waals surface area (Å²) in [4.78, 5) is 0. The van der Waals surface area contributed by atoms with E-state index in [-0.39, 0.29) is 0 Å². The van der Waals surface area contributed by atoms with Crippen LogP contribution in [0.25, 0.3) is 5.03 Å². The lowest BCUT2D eigenvalue weighted by Gasteiger charge is -2.17. The molecule has 0 spiro atoms. The molecule has 1 aliphatic rings. The average Bonchev–Trinajstić information content (AvgIpc) is 2.58. The number of halogens is 1. The largest absolute Gasteiger partial charge is 0.331 e. The van der Waals surface area contributed by atoms with E-state index in [1.54, 1.807) is 6.21 Å². The van der Waals surface area contributed by atoms with E-state index in [1.807, 2.05) is 48.5 Å². The van der Waals surface area contributed by atoms with Crippen molar-refractivity contribution in [3.8, 4) is 0 Å². The molecule has 0 unspecified atom stereocenters. The number of hydrogen-bond acceptors (Lipinski definition) is 2. The molecule has 0 atom stereocenters. The first-order chi connectivity index (χ1) is 11.2. The van der Waals surface area contributed by atoms with Gasteiger partial charge in [0, 0.05) is 5.69 Å². The average molecular weight is 342 g/mol. The van der Waals surface area contributed by atoms with Gasteiger partial charge in [0.25, 0.3) is 0 Å². The zero-order valence-electron chi connectivity index (χ0n) is 12.4. The minimum absolute atomic E-state index is 0.445. The van der Waals surface area contributed by atoms with Crippen LogP contribution in [0, 0.1) is 0 Å². The summed E-state index contributed by atoms with van der Waals surface area (Å²) in [6.45, 7) is 0. The Labute approximate surface area is 146 Å². The number of anilines is 1. The molecular weight excluding hydrogens is 326 g/mol. The van der Waals surface area contributed by atoms with E-state index >= 15 is 0 Å². The summed E-state index contributed by atoms with van der Waals surface area (Å²) in [6, 6.07) is 17.9. The van der Waals surface area contributed by atoms with Crippen molar-refractivity contribution in [1.29, 1.82) is 0 Å². The standard InChI is InChI=1S/C18H16ClN3S/c19-17-14(11-10-13-6-4-5-9-16(13)17)12-20-22-18(23)21-15-7-2-1-3-8-15/h1-9,12H,10-11H2,(H2,21,22,23)/b20-12+. The van der Waals surface area contributed by atoms with E-state index in [9.17, 15) is 0 Å². The van der Waals surface area contributed by atoms with Gasteiger partial charge in [-0.2, -0.15) is 5.10 Å². The van der Waals surface area contributed by atoms with Crippen LogP contribution in [-0.2, 0) is 6.42 Å². The number of thiocarbonyl (C=S) groups is 1. The van der Waals surface area contributed by atoms with Gasteiger partial charge in [-0.1, -0.05) is 54.1 Å². The number of para-hydroxylation sites is 1. The van der Waals surface area contributed by atoms with Gasteiger partial charge < -0.3 is 5.32 Å². The molecule has 116 valence electrons. The summed E-state index contributed by atoms with van der Waals surface area (Å²) >= 11 is 11.7. The second-order valence-electron chi connectivity index (χ2n) is 5.19. The van der Waals surface area contributed by atoms with Gasteiger partial charge in [0.15, 0.2) is 5.11 Å². The van der Waals surface area contributed by atoms with Crippen LogP contribution >= 0.6 is 23.8 Å². The van der Waals surface area contributed by atoms with Crippen LogP contribution < -0.4 is 10.7 Å². The topological polar surface area (TPSA) is 36.4 Å². The molecule has 0 heterocycles. The first-order valence-electron chi connectivity index (χ1n) is 7.36. The molecule has 5 heteroatoms. The maximum atomic E-state index is 6.47. The third kappa shape index (κ3) is 3.97. The van der Waals surface area contributed by atoms with E-state index in [2.05, 4.69) is 21.9 Å². The smallest absolute Gasteiger partial charge is 0.191 e. The van der Waals surface area contributed by atoms with Crippen LogP contribution in [0.3, 0.4) is 0 Å². The van der Waals surface area contributed by atoms with E-state index in [1.165, 1.54) is 5.56 Å². The van der Waals surface area contributed by atoms with Gasteiger partial charge >= 0.3 is 0 Å². The lowest BCUT2D eigenvalue weighted by molar-refractivity contribution is 0.954. The van der Waals surface area contributed by atoms with Crippen LogP contribution in [0.4, 0.5) is 5.69 Å². The van der Waals surface area contributed by atoms with Crippen molar-refractivity contribution in [2.24, 2.45) is 5.10 Å². The lowest BCUT2D eigenvalue weighted by Crippen LogP contribution is -2.23. The summed E-state index contributed by atoms with van der Waals surface area (Å²) in [5.74, 6) is 0. The first kappa shape index (κ1) is 15.7. The SMILES string of the molecule is S=C(N/N=C/C1=C(Cl)c2ccccc2CC1)Nc1ccccc1. The Morgan fingerprint density at radius 2 is 1.78 bits per heavy atom. The third-order valence-electron chi connectivity index (χ3n) is 3.62. The number of aryl methyl sites for hydroxylation is 1. The number of hydrogen-bond donors (Lipinski definition) is 2. The summed E-state index contributed by atoms with van der Waals surface area (Å²) in [5.41, 5.74) is 7.13. The fraction of sp³-hybridized carbons (Fsp3) is 0.111. The number of benzene rings is 2. The van der Waals surface area contributed by atoms with Crippen LogP contribution in [0.5, 0.6) is 0 Å². The number of fused-ring (bicyclic) bond motifs is 1. The minimum Gasteiger partial charge on any atom is -0.331 e. The normalized spacial score (nSPS) is 13.8. The fourth-order valence-corrected chi connectivity index (χ4v) is 2.97. The molecule has 0 bridgehead atoms. The maximum absolute atomic E-state index is 6.47. The summed E-state index contributed by atoms with van der Waals surface area (Å²) in [6.07, 6.45) is 3.59. The molecule has 0 aromatic heterocycles. The number of nitrogens with one attached hydrogen (secondary N) is 2. The van der Waals surface area contributed by atoms with Crippen molar-refractivity contribution in [3.63, 3.8) is 0 Å². The Balaban J connectivity index is 1.63. The van der Waals surface area contributed by atoms with Gasteiger partial charge in [0.1, 0.15) is 0 Å². The number of allylic oxidation sites excluding steroid dienone is 1. The number of nitrogens with zero attached hydrogens (tertiary/aromatic N) is 1. The van der Waals surface area contributed by atoms with E-state index in [0.29, 0.717) is 5.11 Å². The predicted molar refractivity (Wildman–Crippen MR) is 102 cm³/mol. The summed E-state index contributed by atoms with van der Waals surface area (Å²) < 4.78 is 0. The second kappa shape index (κ2) is 7.40. The second-order valence-corrected chi connectivity index (χ2v) is 5.97. The van der Waals surface area contributed by atoms with E-state index in [0.717, 1.165) is 34.7 Å². The molecule has 3 rings (SSSR count). The summed E-state index contributed by atoms with van der Waals surface area (Å²) in [7, 11) is 0. The highest BCUT2D eigenvalue weighted by Crippen LogP contribution is 2.32. The van der Waals surface area contributed by atoms with Crippen molar-refractivity contribution < 1.29 is 0 Å². The Morgan fingerprint density at radius 1 is 1.04 bits per heavy atom. The Morgan fingerprint density at radius 3 is 2.61 bits per heavy atom. The Bertz CT molecular complexity index is 769. The van der Waals surface area contributed by atoms with Crippen molar-refractivity contribution >= 4 is 45.9 Å². The van der Waals surface area contributed by atoms with Crippen LogP contribution in [-0.4, -0.2) is 11.3 Å². The molecule has 0 fully saturated rings. The molecule has 2 N–H and O–H groups in total. The molecule has 3 nitrogen and oxygen atoms in total. The van der Waals surface area contributed by atoms with E-state index in [4.69, 9.17) is 23.8 Å². The molecular formula is C18H16ClN3S. The molecule has 0 aliphatic heterocycles. The number of hydrazone groups is 1. The lowest BCUT2D eigenvalue weighted by atomic mass is 9.92. The van der Waals surface area contributed by atoms with Crippen molar-refractivity contribution in [3.05, 3.63) is 71.3 Å². The maximum Gasteiger partial charge on any atom is 0.191 e. The summed E-state index contributed by atoms with van der Waals surface area (Å²) in [5, 5.41) is 8.47. The molecule has 0 saturated carbocycles. The molecule has 0 saturated heterocycles. The highest BCUT2D eigenvalue weighted by Gasteiger charge is 2.15. The van der Waals surface area contributed by atoms with Gasteiger partial charge in [-0.05, 0) is 53.9 Å².